The molecule has 4 nitrogen and oxygen atoms in total. The molecule has 1 spiro atoms. The van der Waals surface area contributed by atoms with Crippen molar-refractivity contribution in [1.29, 1.82) is 5.26 Å². The number of hydrogen-bond acceptors (Lipinski definition) is 4. The van der Waals surface area contributed by atoms with Crippen LogP contribution in [0.5, 0.6) is 11.5 Å². The van der Waals surface area contributed by atoms with Crippen LogP contribution in [0.3, 0.4) is 0 Å². The molecular weight excluding hydrogens is 707 g/mol. The lowest BCUT2D eigenvalue weighted by Crippen LogP contribution is -2.32. The summed E-state index contributed by atoms with van der Waals surface area (Å²) in [4.78, 5) is 10.5. The summed E-state index contributed by atoms with van der Waals surface area (Å²) in [5.74, 6) is 2.35. The van der Waals surface area contributed by atoms with E-state index in [1.54, 1.807) is 0 Å². The predicted molar refractivity (Wildman–Crippen MR) is 231 cm³/mol. The first-order valence-electron chi connectivity index (χ1n) is 19.4. The van der Waals surface area contributed by atoms with Crippen LogP contribution in [0.4, 0.5) is 0 Å². The lowest BCUT2D eigenvalue weighted by atomic mass is 9.65. The van der Waals surface area contributed by atoms with E-state index in [-0.39, 0.29) is 0 Å². The number of benzene rings is 8. The first-order chi connectivity index (χ1) is 28.7. The molecule has 2 heterocycles. The Labute approximate surface area is 337 Å². The van der Waals surface area contributed by atoms with Crippen molar-refractivity contribution in [2.75, 3.05) is 0 Å². The summed E-state index contributed by atoms with van der Waals surface area (Å²) in [5.41, 5.74) is 16.0. The van der Waals surface area contributed by atoms with E-state index in [1.165, 1.54) is 22.3 Å². The molecule has 8 aromatic carbocycles. The van der Waals surface area contributed by atoms with E-state index < -0.39 is 5.41 Å². The summed E-state index contributed by atoms with van der Waals surface area (Å²) in [5, 5.41) is 9.49. The Morgan fingerprint density at radius 1 is 0.379 bits per heavy atom. The average Bonchev–Trinajstić information content (AvgIpc) is 3.58. The van der Waals surface area contributed by atoms with Crippen LogP contribution in [-0.4, -0.2) is 9.97 Å². The van der Waals surface area contributed by atoms with Crippen molar-refractivity contribution in [1.82, 2.24) is 9.97 Å². The van der Waals surface area contributed by atoms with Gasteiger partial charge in [-0.3, -0.25) is 0 Å². The van der Waals surface area contributed by atoms with E-state index in [0.29, 0.717) is 11.4 Å². The molecule has 4 heteroatoms. The summed E-state index contributed by atoms with van der Waals surface area (Å²) in [7, 11) is 0. The minimum Gasteiger partial charge on any atom is -0.457 e. The smallest absolute Gasteiger partial charge is 0.160 e. The van der Waals surface area contributed by atoms with E-state index >= 15 is 0 Å². The topological polar surface area (TPSA) is 58.8 Å². The SMILES string of the molecule is N#Cc1cccc(-c2ccc(-c3ccc4c(c3)C3(c5ccccc5Oc5ccccc53)c3cc(-c5nc(-c6ccccc6)cc(-c6ccccc6)n5)ccc3-4)cc2)c1. The van der Waals surface area contributed by atoms with E-state index in [0.717, 1.165) is 73.0 Å². The highest BCUT2D eigenvalue weighted by Gasteiger charge is 2.51. The number of nitrogens with zero attached hydrogens (tertiary/aromatic N) is 3. The minimum atomic E-state index is -0.681. The second-order valence-corrected chi connectivity index (χ2v) is 14.8. The van der Waals surface area contributed by atoms with Gasteiger partial charge in [0.05, 0.1) is 28.4 Å². The van der Waals surface area contributed by atoms with Crippen LogP contribution in [0, 0.1) is 11.3 Å². The third kappa shape index (κ3) is 5.29. The van der Waals surface area contributed by atoms with Crippen LogP contribution in [0.15, 0.2) is 200 Å². The van der Waals surface area contributed by atoms with Crippen molar-refractivity contribution in [2.24, 2.45) is 0 Å². The summed E-state index contributed by atoms with van der Waals surface area (Å²) < 4.78 is 6.68. The zero-order valence-electron chi connectivity index (χ0n) is 31.3. The standard InChI is InChI=1S/C54H33N3O/c55-34-35-12-11-17-40(30-35)36-22-24-37(25-23-36)41-26-28-43-44-29-27-42(53-56-49(38-13-3-1-4-14-38)33-50(57-53)39-15-5-2-6-16-39)32-48(44)54(47(43)31-41)45-18-7-9-20-51(45)58-52-21-10-8-19-46(52)54/h1-33H. The first-order valence-corrected chi connectivity index (χ1v) is 19.4. The molecular formula is C54H33N3O. The molecule has 1 aliphatic carbocycles. The highest BCUT2D eigenvalue weighted by molar-refractivity contribution is 5.92. The fourth-order valence-electron chi connectivity index (χ4n) is 8.93. The summed E-state index contributed by atoms with van der Waals surface area (Å²) in [6.45, 7) is 0. The summed E-state index contributed by atoms with van der Waals surface area (Å²) >= 11 is 0. The van der Waals surface area contributed by atoms with Gasteiger partial charge in [0.25, 0.3) is 0 Å². The van der Waals surface area contributed by atoms with Crippen LogP contribution < -0.4 is 4.74 Å². The molecule has 2 aliphatic rings. The number of nitriles is 1. The highest BCUT2D eigenvalue weighted by Crippen LogP contribution is 2.62. The lowest BCUT2D eigenvalue weighted by molar-refractivity contribution is 0.436. The van der Waals surface area contributed by atoms with E-state index in [9.17, 15) is 5.26 Å². The Morgan fingerprint density at radius 3 is 1.41 bits per heavy atom. The highest BCUT2D eigenvalue weighted by atomic mass is 16.5. The minimum absolute atomic E-state index is 0.650. The van der Waals surface area contributed by atoms with Gasteiger partial charge in [-0.1, -0.05) is 158 Å². The quantitative estimate of drug-likeness (QED) is 0.176. The molecule has 0 saturated carbocycles. The average molecular weight is 740 g/mol. The zero-order chi connectivity index (χ0) is 38.6. The molecule has 0 bridgehead atoms. The van der Waals surface area contributed by atoms with Gasteiger partial charge < -0.3 is 4.74 Å². The summed E-state index contributed by atoms with van der Waals surface area (Å²) in [6, 6.07) is 71.9. The Balaban J connectivity index is 1.12. The molecule has 0 N–H and O–H groups in total. The second kappa shape index (κ2) is 13.4. The summed E-state index contributed by atoms with van der Waals surface area (Å²) in [6.07, 6.45) is 0. The Bertz CT molecular complexity index is 2990. The lowest BCUT2D eigenvalue weighted by Gasteiger charge is -2.39. The fraction of sp³-hybridized carbons (Fsp3) is 0.0185. The van der Waals surface area contributed by atoms with Gasteiger partial charge in [-0.2, -0.15) is 5.26 Å². The molecule has 0 radical (unpaired) electrons. The Morgan fingerprint density at radius 2 is 0.845 bits per heavy atom. The van der Waals surface area contributed by atoms with Gasteiger partial charge >= 0.3 is 0 Å². The van der Waals surface area contributed by atoms with Gasteiger partial charge in [-0.25, -0.2) is 9.97 Å². The van der Waals surface area contributed by atoms with Crippen LogP contribution in [0.1, 0.15) is 27.8 Å². The van der Waals surface area contributed by atoms with Crippen molar-refractivity contribution >= 4 is 0 Å². The maximum atomic E-state index is 9.49. The molecule has 270 valence electrons. The maximum absolute atomic E-state index is 9.49. The molecule has 9 aromatic rings. The molecule has 0 saturated heterocycles. The molecule has 1 aliphatic heterocycles. The molecule has 58 heavy (non-hydrogen) atoms. The van der Waals surface area contributed by atoms with E-state index in [4.69, 9.17) is 14.7 Å². The molecule has 0 unspecified atom stereocenters. The molecule has 0 atom stereocenters. The number of ether oxygens (including phenoxy) is 1. The van der Waals surface area contributed by atoms with Crippen LogP contribution in [0.25, 0.3) is 67.3 Å². The van der Waals surface area contributed by atoms with Crippen LogP contribution >= 0.6 is 0 Å². The van der Waals surface area contributed by atoms with Gasteiger partial charge in [-0.15, -0.1) is 0 Å². The molecule has 11 rings (SSSR count). The Hall–Kier alpha value is -7.87. The van der Waals surface area contributed by atoms with Gasteiger partial charge in [0, 0.05) is 27.8 Å². The predicted octanol–water partition coefficient (Wildman–Crippen LogP) is 13.2. The van der Waals surface area contributed by atoms with Crippen molar-refractivity contribution in [3.8, 4) is 84.9 Å². The number of aromatic nitrogens is 2. The second-order valence-electron chi connectivity index (χ2n) is 14.8. The normalized spacial score (nSPS) is 12.7. The van der Waals surface area contributed by atoms with Gasteiger partial charge in [0.2, 0.25) is 0 Å². The zero-order valence-corrected chi connectivity index (χ0v) is 31.3. The number of para-hydroxylation sites is 2. The third-order valence-electron chi connectivity index (χ3n) is 11.6. The largest absolute Gasteiger partial charge is 0.457 e. The van der Waals surface area contributed by atoms with Crippen molar-refractivity contribution < 1.29 is 4.74 Å². The van der Waals surface area contributed by atoms with Crippen LogP contribution in [-0.2, 0) is 5.41 Å². The number of hydrogen-bond donors (Lipinski definition) is 0. The fourth-order valence-corrected chi connectivity index (χ4v) is 8.93. The molecule has 0 amide bonds. The number of fused-ring (bicyclic) bond motifs is 9. The van der Waals surface area contributed by atoms with Gasteiger partial charge in [0.1, 0.15) is 11.5 Å². The van der Waals surface area contributed by atoms with Gasteiger partial charge in [-0.05, 0) is 87.0 Å². The maximum Gasteiger partial charge on any atom is 0.160 e. The van der Waals surface area contributed by atoms with Crippen LogP contribution in [0.2, 0.25) is 0 Å². The van der Waals surface area contributed by atoms with E-state index in [1.807, 2.05) is 72.8 Å². The number of rotatable bonds is 5. The van der Waals surface area contributed by atoms with E-state index in [2.05, 4.69) is 133 Å². The first kappa shape index (κ1) is 33.5. The van der Waals surface area contributed by atoms with Gasteiger partial charge in [0.15, 0.2) is 5.82 Å². The van der Waals surface area contributed by atoms with Crippen molar-refractivity contribution in [2.45, 2.75) is 5.41 Å². The van der Waals surface area contributed by atoms with Crippen molar-refractivity contribution in [3.63, 3.8) is 0 Å². The molecule has 1 aromatic heterocycles. The molecule has 0 fully saturated rings. The monoisotopic (exact) mass is 739 g/mol. The van der Waals surface area contributed by atoms with Crippen molar-refractivity contribution in [3.05, 3.63) is 228 Å². The Kier molecular flexibility index (Phi) is 7.74. The third-order valence-corrected chi connectivity index (χ3v) is 11.6.